The standard InChI is InChI=1S/C14H10BrNOS2/c15-10-3-1-2-9(6-10)8-16-14(17)13-7-12-11(19-13)4-5-18-12/h1-7H,8H2,(H,16,17). The highest BCUT2D eigenvalue weighted by molar-refractivity contribution is 9.10. The van der Waals surface area contributed by atoms with Crippen molar-refractivity contribution >= 4 is 53.9 Å². The summed E-state index contributed by atoms with van der Waals surface area (Å²) in [6.07, 6.45) is 0. The van der Waals surface area contributed by atoms with Gasteiger partial charge in [0.25, 0.3) is 5.91 Å². The highest BCUT2D eigenvalue weighted by Crippen LogP contribution is 2.29. The van der Waals surface area contributed by atoms with Crippen LogP contribution in [0.4, 0.5) is 0 Å². The Kier molecular flexibility index (Phi) is 3.68. The number of hydrogen-bond acceptors (Lipinski definition) is 3. The van der Waals surface area contributed by atoms with E-state index < -0.39 is 0 Å². The van der Waals surface area contributed by atoms with Crippen molar-refractivity contribution in [3.05, 3.63) is 56.7 Å². The number of carbonyl (C=O) groups excluding carboxylic acids is 1. The van der Waals surface area contributed by atoms with Crippen molar-refractivity contribution in [2.24, 2.45) is 0 Å². The summed E-state index contributed by atoms with van der Waals surface area (Å²) in [6, 6.07) is 12.0. The molecule has 2 nitrogen and oxygen atoms in total. The second-order valence-electron chi connectivity index (χ2n) is 4.07. The SMILES string of the molecule is O=C(NCc1cccc(Br)c1)c1cc2sccc2s1. The minimum Gasteiger partial charge on any atom is -0.347 e. The minimum absolute atomic E-state index is 0.00613. The van der Waals surface area contributed by atoms with E-state index in [-0.39, 0.29) is 5.91 Å². The Morgan fingerprint density at radius 2 is 2.11 bits per heavy atom. The van der Waals surface area contributed by atoms with E-state index in [9.17, 15) is 4.79 Å². The lowest BCUT2D eigenvalue weighted by Gasteiger charge is -2.04. The number of amides is 1. The van der Waals surface area contributed by atoms with Crippen LogP contribution in [0.15, 0.2) is 46.3 Å². The number of benzene rings is 1. The molecule has 19 heavy (non-hydrogen) atoms. The van der Waals surface area contributed by atoms with Crippen molar-refractivity contribution in [2.45, 2.75) is 6.54 Å². The Hall–Kier alpha value is -1.17. The number of halogens is 1. The van der Waals surface area contributed by atoms with Gasteiger partial charge in [0.2, 0.25) is 0 Å². The Balaban J connectivity index is 1.70. The van der Waals surface area contributed by atoms with Crippen molar-refractivity contribution in [1.82, 2.24) is 5.32 Å². The molecule has 0 unspecified atom stereocenters. The van der Waals surface area contributed by atoms with Gasteiger partial charge in [0.1, 0.15) is 0 Å². The first kappa shape index (κ1) is 12.8. The quantitative estimate of drug-likeness (QED) is 0.730. The number of thiophene rings is 2. The van der Waals surface area contributed by atoms with Crippen LogP contribution >= 0.6 is 38.6 Å². The van der Waals surface area contributed by atoms with Gasteiger partial charge in [-0.2, -0.15) is 0 Å². The van der Waals surface area contributed by atoms with Gasteiger partial charge in [-0.25, -0.2) is 0 Å². The highest BCUT2D eigenvalue weighted by Gasteiger charge is 2.10. The molecule has 3 aromatic rings. The smallest absolute Gasteiger partial charge is 0.261 e. The Morgan fingerprint density at radius 1 is 1.21 bits per heavy atom. The molecular formula is C14H10BrNOS2. The zero-order chi connectivity index (χ0) is 13.2. The van der Waals surface area contributed by atoms with Gasteiger partial charge >= 0.3 is 0 Å². The van der Waals surface area contributed by atoms with Gasteiger partial charge in [0.15, 0.2) is 0 Å². The number of fused-ring (bicyclic) bond motifs is 1. The predicted molar refractivity (Wildman–Crippen MR) is 85.0 cm³/mol. The minimum atomic E-state index is -0.00613. The molecule has 1 aromatic carbocycles. The second-order valence-corrected chi connectivity index (χ2v) is 7.02. The molecular weight excluding hydrogens is 342 g/mol. The first-order chi connectivity index (χ1) is 9.22. The molecule has 2 aromatic heterocycles. The maximum absolute atomic E-state index is 12.1. The number of nitrogens with one attached hydrogen (secondary N) is 1. The molecule has 0 bridgehead atoms. The predicted octanol–water partition coefficient (Wildman–Crippen LogP) is 4.66. The van der Waals surface area contributed by atoms with Crippen LogP contribution in [0.5, 0.6) is 0 Å². The van der Waals surface area contributed by atoms with Gasteiger partial charge in [0.05, 0.1) is 4.88 Å². The van der Waals surface area contributed by atoms with Crippen LogP contribution in [0.2, 0.25) is 0 Å². The maximum Gasteiger partial charge on any atom is 0.261 e. The zero-order valence-corrected chi connectivity index (χ0v) is 13.1. The van der Waals surface area contributed by atoms with Crippen LogP contribution in [0, 0.1) is 0 Å². The molecule has 0 aliphatic carbocycles. The van der Waals surface area contributed by atoms with Gasteiger partial charge in [-0.15, -0.1) is 22.7 Å². The van der Waals surface area contributed by atoms with Crippen molar-refractivity contribution in [1.29, 1.82) is 0 Å². The third-order valence-corrected chi connectivity index (χ3v) is 5.29. The fraction of sp³-hybridized carbons (Fsp3) is 0.0714. The average Bonchev–Trinajstić information content (AvgIpc) is 2.96. The summed E-state index contributed by atoms with van der Waals surface area (Å²) in [5.74, 6) is -0.00613. The Labute approximate surface area is 127 Å². The van der Waals surface area contributed by atoms with Crippen molar-refractivity contribution < 1.29 is 4.79 Å². The summed E-state index contributed by atoms with van der Waals surface area (Å²) in [6.45, 7) is 0.545. The molecule has 0 aliphatic rings. The molecule has 1 amide bonds. The van der Waals surface area contributed by atoms with Crippen LogP contribution < -0.4 is 5.32 Å². The maximum atomic E-state index is 12.1. The lowest BCUT2D eigenvalue weighted by atomic mass is 10.2. The van der Waals surface area contributed by atoms with Crippen LogP contribution in [-0.4, -0.2) is 5.91 Å². The first-order valence-corrected chi connectivity index (χ1v) is 8.21. The molecule has 0 aliphatic heterocycles. The summed E-state index contributed by atoms with van der Waals surface area (Å²) >= 11 is 6.63. The summed E-state index contributed by atoms with van der Waals surface area (Å²) < 4.78 is 3.38. The van der Waals surface area contributed by atoms with E-state index in [4.69, 9.17) is 0 Å². The van der Waals surface area contributed by atoms with Crippen LogP contribution in [-0.2, 0) is 6.54 Å². The van der Waals surface area contributed by atoms with Crippen molar-refractivity contribution in [3.8, 4) is 0 Å². The third kappa shape index (κ3) is 2.88. The summed E-state index contributed by atoms with van der Waals surface area (Å²) in [4.78, 5) is 12.8. The summed E-state index contributed by atoms with van der Waals surface area (Å²) in [5.41, 5.74) is 1.08. The molecule has 0 saturated heterocycles. The highest BCUT2D eigenvalue weighted by atomic mass is 79.9. The van der Waals surface area contributed by atoms with Gasteiger partial charge in [-0.1, -0.05) is 28.1 Å². The topological polar surface area (TPSA) is 29.1 Å². The fourth-order valence-electron chi connectivity index (χ4n) is 1.79. The van der Waals surface area contributed by atoms with E-state index in [0.29, 0.717) is 6.54 Å². The molecule has 5 heteroatoms. The van der Waals surface area contributed by atoms with E-state index >= 15 is 0 Å². The largest absolute Gasteiger partial charge is 0.347 e. The van der Waals surface area contributed by atoms with Gasteiger partial charge in [-0.3, -0.25) is 4.79 Å². The molecule has 0 saturated carbocycles. The van der Waals surface area contributed by atoms with Crippen molar-refractivity contribution in [2.75, 3.05) is 0 Å². The molecule has 2 heterocycles. The van der Waals surface area contributed by atoms with Gasteiger partial charge < -0.3 is 5.32 Å². The third-order valence-electron chi connectivity index (χ3n) is 2.71. The number of rotatable bonds is 3. The van der Waals surface area contributed by atoms with E-state index in [0.717, 1.165) is 14.9 Å². The van der Waals surface area contributed by atoms with E-state index in [1.165, 1.54) is 20.7 Å². The zero-order valence-electron chi connectivity index (χ0n) is 9.85. The summed E-state index contributed by atoms with van der Waals surface area (Å²) in [5, 5.41) is 4.99. The molecule has 96 valence electrons. The first-order valence-electron chi connectivity index (χ1n) is 5.72. The van der Waals surface area contributed by atoms with Gasteiger partial charge in [-0.05, 0) is 35.2 Å². The molecule has 0 fully saturated rings. The second kappa shape index (κ2) is 5.45. The van der Waals surface area contributed by atoms with Crippen LogP contribution in [0.1, 0.15) is 15.2 Å². The molecule has 0 atom stereocenters. The normalized spacial score (nSPS) is 10.8. The van der Waals surface area contributed by atoms with E-state index in [2.05, 4.69) is 27.3 Å². The molecule has 0 spiro atoms. The van der Waals surface area contributed by atoms with E-state index in [1.54, 1.807) is 11.3 Å². The summed E-state index contributed by atoms with van der Waals surface area (Å²) in [7, 11) is 0. The van der Waals surface area contributed by atoms with Crippen LogP contribution in [0.3, 0.4) is 0 Å². The number of hydrogen-bond donors (Lipinski definition) is 1. The molecule has 0 radical (unpaired) electrons. The fourth-order valence-corrected chi connectivity index (χ4v) is 4.27. The van der Waals surface area contributed by atoms with Crippen LogP contribution in [0.25, 0.3) is 9.40 Å². The molecule has 1 N–H and O–H groups in total. The lowest BCUT2D eigenvalue weighted by Crippen LogP contribution is -2.21. The number of carbonyl (C=O) groups is 1. The monoisotopic (exact) mass is 351 g/mol. The Bertz CT molecular complexity index is 703. The van der Waals surface area contributed by atoms with Crippen molar-refractivity contribution in [3.63, 3.8) is 0 Å². The average molecular weight is 352 g/mol. The van der Waals surface area contributed by atoms with Gasteiger partial charge in [0, 0.05) is 20.4 Å². The van der Waals surface area contributed by atoms with E-state index in [1.807, 2.05) is 35.7 Å². The Morgan fingerprint density at radius 3 is 2.89 bits per heavy atom. The molecule has 3 rings (SSSR count). The lowest BCUT2D eigenvalue weighted by molar-refractivity contribution is 0.0955.